The van der Waals surface area contributed by atoms with Crippen molar-refractivity contribution in [3.8, 4) is 5.69 Å². The van der Waals surface area contributed by atoms with Gasteiger partial charge in [-0.2, -0.15) is 6.07 Å². The molecule has 0 fully saturated rings. The van der Waals surface area contributed by atoms with E-state index in [4.69, 9.17) is 0 Å². The molecule has 0 saturated carbocycles. The molecule has 0 atom stereocenters. The zero-order valence-electron chi connectivity index (χ0n) is 7.17. The van der Waals surface area contributed by atoms with Crippen molar-refractivity contribution in [2.45, 2.75) is 0 Å². The summed E-state index contributed by atoms with van der Waals surface area (Å²) in [6.45, 7) is 0. The van der Waals surface area contributed by atoms with Crippen LogP contribution >= 0.6 is 0 Å². The summed E-state index contributed by atoms with van der Waals surface area (Å²) in [4.78, 5) is 0. The summed E-state index contributed by atoms with van der Waals surface area (Å²) in [6, 6.07) is 8.10. The molecule has 0 bridgehead atoms. The minimum absolute atomic E-state index is 0. The first-order valence-corrected chi connectivity index (χ1v) is 3.78. The SMILES string of the molecule is Fc1[c-]ccc(F)c1-n1cccc1.[Ti]. The molecule has 0 amide bonds. The van der Waals surface area contributed by atoms with Crippen LogP contribution in [0.3, 0.4) is 0 Å². The van der Waals surface area contributed by atoms with Gasteiger partial charge < -0.3 is 4.57 Å². The van der Waals surface area contributed by atoms with Crippen LogP contribution in [0.5, 0.6) is 0 Å². The van der Waals surface area contributed by atoms with Crippen molar-refractivity contribution in [2.75, 3.05) is 0 Å². The van der Waals surface area contributed by atoms with Crippen LogP contribution in [-0.2, 0) is 21.7 Å². The molecule has 1 nitrogen and oxygen atoms in total. The van der Waals surface area contributed by atoms with Crippen molar-refractivity contribution < 1.29 is 30.5 Å². The third-order valence-corrected chi connectivity index (χ3v) is 1.74. The maximum atomic E-state index is 13.1. The predicted octanol–water partition coefficient (Wildman–Crippen LogP) is 2.55. The molecule has 0 radical (unpaired) electrons. The molecule has 14 heavy (non-hydrogen) atoms. The quantitative estimate of drug-likeness (QED) is 0.520. The number of nitrogens with zero attached hydrogens (tertiary/aromatic N) is 1. The third-order valence-electron chi connectivity index (χ3n) is 1.74. The van der Waals surface area contributed by atoms with Gasteiger partial charge in [0.25, 0.3) is 0 Å². The van der Waals surface area contributed by atoms with Gasteiger partial charge >= 0.3 is 0 Å². The van der Waals surface area contributed by atoms with E-state index in [1.807, 2.05) is 0 Å². The van der Waals surface area contributed by atoms with Crippen molar-refractivity contribution in [1.29, 1.82) is 0 Å². The maximum Gasteiger partial charge on any atom is 0.0411 e. The van der Waals surface area contributed by atoms with Gasteiger partial charge in [-0.1, -0.05) is 0 Å². The zero-order valence-corrected chi connectivity index (χ0v) is 8.73. The van der Waals surface area contributed by atoms with Gasteiger partial charge in [-0.25, -0.2) is 8.78 Å². The van der Waals surface area contributed by atoms with E-state index in [1.54, 1.807) is 24.5 Å². The topological polar surface area (TPSA) is 4.93 Å². The van der Waals surface area contributed by atoms with Crippen LogP contribution in [0.2, 0.25) is 0 Å². The Bertz CT molecular complexity index is 392. The van der Waals surface area contributed by atoms with E-state index in [-0.39, 0.29) is 27.4 Å². The normalized spacial score (nSPS) is 9.57. The van der Waals surface area contributed by atoms with Crippen molar-refractivity contribution in [1.82, 2.24) is 4.57 Å². The van der Waals surface area contributed by atoms with Crippen LogP contribution in [0.25, 0.3) is 5.69 Å². The van der Waals surface area contributed by atoms with Gasteiger partial charge in [0.1, 0.15) is 0 Å². The number of benzene rings is 1. The summed E-state index contributed by atoms with van der Waals surface area (Å²) in [5, 5.41) is 0. The Morgan fingerprint density at radius 2 is 1.79 bits per heavy atom. The fraction of sp³-hybridized carbons (Fsp3) is 0. The van der Waals surface area contributed by atoms with Crippen LogP contribution in [0, 0.1) is 17.7 Å². The molecule has 2 rings (SSSR count). The first-order chi connectivity index (χ1) is 6.29. The molecule has 1 aromatic heterocycles. The number of hydrogen-bond acceptors (Lipinski definition) is 0. The smallest absolute Gasteiger partial charge is 0.0411 e. The summed E-state index contributed by atoms with van der Waals surface area (Å²) in [5.74, 6) is -1.27. The van der Waals surface area contributed by atoms with Gasteiger partial charge in [0, 0.05) is 39.0 Å². The van der Waals surface area contributed by atoms with E-state index in [1.165, 1.54) is 16.7 Å². The molecule has 0 N–H and O–H groups in total. The largest absolute Gasteiger partial charge is 0.372 e. The minimum Gasteiger partial charge on any atom is -0.372 e. The van der Waals surface area contributed by atoms with E-state index < -0.39 is 11.6 Å². The van der Waals surface area contributed by atoms with E-state index in [0.717, 1.165) is 0 Å². The predicted molar refractivity (Wildman–Crippen MR) is 44.5 cm³/mol. The van der Waals surface area contributed by atoms with Gasteiger partial charge in [-0.05, 0) is 24.5 Å². The van der Waals surface area contributed by atoms with Gasteiger partial charge in [0.15, 0.2) is 0 Å². The number of hydrogen-bond donors (Lipinski definition) is 0. The monoisotopic (exact) mass is 226 g/mol. The molecule has 0 unspecified atom stereocenters. The second kappa shape index (κ2) is 4.53. The Balaban J connectivity index is 0.000000980. The van der Waals surface area contributed by atoms with Gasteiger partial charge in [-0.3, -0.25) is 0 Å². The number of aromatic nitrogens is 1. The molecule has 1 heterocycles. The Morgan fingerprint density at radius 3 is 2.36 bits per heavy atom. The molecule has 0 aliphatic carbocycles. The molecule has 0 aliphatic rings. The van der Waals surface area contributed by atoms with Crippen LogP contribution < -0.4 is 0 Å². The fourth-order valence-corrected chi connectivity index (χ4v) is 1.16. The van der Waals surface area contributed by atoms with E-state index >= 15 is 0 Å². The first kappa shape index (κ1) is 11.2. The van der Waals surface area contributed by atoms with Crippen LogP contribution in [0.4, 0.5) is 8.78 Å². The maximum absolute atomic E-state index is 13.1. The van der Waals surface area contributed by atoms with Crippen molar-refractivity contribution in [3.63, 3.8) is 0 Å². The molecule has 70 valence electrons. The Kier molecular flexibility index (Phi) is 3.61. The number of halogens is 2. The molecular formula is C10H6F2NTi-. The van der Waals surface area contributed by atoms with Crippen molar-refractivity contribution in [2.24, 2.45) is 0 Å². The van der Waals surface area contributed by atoms with Crippen molar-refractivity contribution >= 4 is 0 Å². The average molecular weight is 226 g/mol. The summed E-state index contributed by atoms with van der Waals surface area (Å²) < 4.78 is 27.6. The molecule has 1 aromatic carbocycles. The van der Waals surface area contributed by atoms with Crippen LogP contribution in [0.15, 0.2) is 36.7 Å². The van der Waals surface area contributed by atoms with Gasteiger partial charge in [0.2, 0.25) is 0 Å². The minimum atomic E-state index is -0.684. The molecule has 0 saturated heterocycles. The van der Waals surface area contributed by atoms with E-state index in [9.17, 15) is 8.78 Å². The van der Waals surface area contributed by atoms with E-state index in [2.05, 4.69) is 6.07 Å². The molecular weight excluding hydrogens is 220 g/mol. The molecule has 0 spiro atoms. The summed E-state index contributed by atoms with van der Waals surface area (Å²) in [6.07, 6.45) is 3.16. The van der Waals surface area contributed by atoms with Crippen molar-refractivity contribution in [3.05, 3.63) is 54.4 Å². The fourth-order valence-electron chi connectivity index (χ4n) is 1.16. The molecule has 2 aromatic rings. The Hall–Kier alpha value is -0.926. The molecule has 4 heteroatoms. The van der Waals surface area contributed by atoms with Gasteiger partial charge in [-0.15, -0.1) is 12.1 Å². The second-order valence-electron chi connectivity index (χ2n) is 2.58. The van der Waals surface area contributed by atoms with Crippen LogP contribution in [-0.4, -0.2) is 4.57 Å². The standard InChI is InChI=1S/C10H6F2N.Ti/c11-8-4-3-5-9(12)10(8)13-6-1-2-7-13;/h1-4,6-7H;/q-1;. The summed E-state index contributed by atoms with van der Waals surface area (Å²) in [5.41, 5.74) is -0.0903. The van der Waals surface area contributed by atoms with E-state index in [0.29, 0.717) is 0 Å². The second-order valence-corrected chi connectivity index (χ2v) is 2.58. The molecule has 0 aliphatic heterocycles. The Morgan fingerprint density at radius 1 is 1.14 bits per heavy atom. The summed E-state index contributed by atoms with van der Waals surface area (Å²) in [7, 11) is 0. The van der Waals surface area contributed by atoms with Crippen LogP contribution in [0.1, 0.15) is 0 Å². The third kappa shape index (κ3) is 1.94. The average Bonchev–Trinajstić information content (AvgIpc) is 2.57. The number of rotatable bonds is 1. The van der Waals surface area contributed by atoms with Gasteiger partial charge in [0.05, 0.1) is 0 Å². The Labute approximate surface area is 95.2 Å². The first-order valence-electron chi connectivity index (χ1n) is 3.78. The zero-order chi connectivity index (χ0) is 9.26. The summed E-state index contributed by atoms with van der Waals surface area (Å²) >= 11 is 0.